The van der Waals surface area contributed by atoms with Crippen LogP contribution in [0.3, 0.4) is 0 Å². The number of sulfonamides is 1. The van der Waals surface area contributed by atoms with E-state index in [1.807, 2.05) is 24.3 Å². The second kappa shape index (κ2) is 9.68. The van der Waals surface area contributed by atoms with Gasteiger partial charge in [-0.15, -0.1) is 11.3 Å². The third kappa shape index (κ3) is 5.64. The molecule has 0 aliphatic carbocycles. The molecule has 2 aromatic carbocycles. The molecule has 4 rings (SSSR count). The van der Waals surface area contributed by atoms with Crippen molar-refractivity contribution < 1.29 is 13.2 Å². The zero-order valence-electron chi connectivity index (χ0n) is 17.7. The molecule has 1 aromatic heterocycles. The van der Waals surface area contributed by atoms with Crippen LogP contribution in [0.1, 0.15) is 5.69 Å². The van der Waals surface area contributed by atoms with Crippen molar-refractivity contribution >= 4 is 43.8 Å². The Morgan fingerprint density at radius 3 is 2.41 bits per heavy atom. The summed E-state index contributed by atoms with van der Waals surface area (Å²) in [6, 6.07) is 15.9. The standard InChI is InChI=1S/C22H25N5O3S2/c1-26-11-13-27(14-12-26)19-9-7-17(8-10-19)23-21(28)15-18-16-31-22(24-18)25-32(29,30)20-5-3-2-4-6-20/h2-10,16H,11-15H2,1H3,(H,23,28)(H,24,25). The zero-order chi connectivity index (χ0) is 22.6. The maximum atomic E-state index is 12.4. The smallest absolute Gasteiger partial charge is 0.263 e. The van der Waals surface area contributed by atoms with E-state index in [0.29, 0.717) is 11.4 Å². The fourth-order valence-corrected chi connectivity index (χ4v) is 5.38. The van der Waals surface area contributed by atoms with E-state index in [1.54, 1.807) is 23.6 Å². The van der Waals surface area contributed by atoms with Gasteiger partial charge in [-0.05, 0) is 43.4 Å². The number of likely N-dealkylation sites (N-methyl/N-ethyl adjacent to an activating group) is 1. The second-order valence-electron chi connectivity index (χ2n) is 7.62. The van der Waals surface area contributed by atoms with Crippen LogP contribution < -0.4 is 14.9 Å². The number of anilines is 3. The molecule has 10 heteroatoms. The Bertz CT molecular complexity index is 1160. The molecule has 0 radical (unpaired) electrons. The molecule has 0 spiro atoms. The highest BCUT2D eigenvalue weighted by molar-refractivity contribution is 7.93. The number of carbonyl (C=O) groups excluding carboxylic acids is 1. The fraction of sp³-hybridized carbons (Fsp3) is 0.273. The minimum absolute atomic E-state index is 0.0593. The highest BCUT2D eigenvalue weighted by atomic mass is 32.2. The number of rotatable bonds is 7. The van der Waals surface area contributed by atoms with Gasteiger partial charge in [-0.3, -0.25) is 9.52 Å². The predicted molar refractivity (Wildman–Crippen MR) is 128 cm³/mol. The molecule has 3 aromatic rings. The topological polar surface area (TPSA) is 94.6 Å². The summed E-state index contributed by atoms with van der Waals surface area (Å²) in [5.41, 5.74) is 2.37. The lowest BCUT2D eigenvalue weighted by atomic mass is 10.2. The molecule has 8 nitrogen and oxygen atoms in total. The average molecular weight is 472 g/mol. The van der Waals surface area contributed by atoms with Gasteiger partial charge in [0.25, 0.3) is 10.0 Å². The van der Waals surface area contributed by atoms with E-state index in [-0.39, 0.29) is 22.4 Å². The Morgan fingerprint density at radius 2 is 1.72 bits per heavy atom. The molecule has 1 saturated heterocycles. The van der Waals surface area contributed by atoms with Crippen molar-refractivity contribution in [1.29, 1.82) is 0 Å². The Labute approximate surface area is 191 Å². The van der Waals surface area contributed by atoms with Crippen LogP contribution in [-0.2, 0) is 21.2 Å². The number of thiazole rings is 1. The Morgan fingerprint density at radius 1 is 1.03 bits per heavy atom. The van der Waals surface area contributed by atoms with E-state index in [9.17, 15) is 13.2 Å². The van der Waals surface area contributed by atoms with Crippen molar-refractivity contribution in [2.45, 2.75) is 11.3 Å². The summed E-state index contributed by atoms with van der Waals surface area (Å²) in [5.74, 6) is -0.208. The third-order valence-electron chi connectivity index (χ3n) is 5.19. The van der Waals surface area contributed by atoms with Crippen LogP contribution in [0, 0.1) is 0 Å². The van der Waals surface area contributed by atoms with E-state index < -0.39 is 10.0 Å². The van der Waals surface area contributed by atoms with Crippen LogP contribution in [0.2, 0.25) is 0 Å². The summed E-state index contributed by atoms with van der Waals surface area (Å²) >= 11 is 1.15. The monoisotopic (exact) mass is 471 g/mol. The predicted octanol–water partition coefficient (Wildman–Crippen LogP) is 2.88. The summed E-state index contributed by atoms with van der Waals surface area (Å²) in [6.45, 7) is 4.05. The van der Waals surface area contributed by atoms with Crippen molar-refractivity contribution in [3.63, 3.8) is 0 Å². The summed E-state index contributed by atoms with van der Waals surface area (Å²) in [4.78, 5) is 21.5. The van der Waals surface area contributed by atoms with Crippen molar-refractivity contribution in [3.05, 3.63) is 65.7 Å². The highest BCUT2D eigenvalue weighted by Gasteiger charge is 2.17. The molecule has 32 heavy (non-hydrogen) atoms. The number of nitrogens with one attached hydrogen (secondary N) is 2. The lowest BCUT2D eigenvalue weighted by molar-refractivity contribution is -0.115. The van der Waals surface area contributed by atoms with Crippen LogP contribution in [-0.4, -0.2) is 57.4 Å². The lowest BCUT2D eigenvalue weighted by Gasteiger charge is -2.34. The van der Waals surface area contributed by atoms with Crippen LogP contribution in [0.4, 0.5) is 16.5 Å². The third-order valence-corrected chi connectivity index (χ3v) is 7.48. The average Bonchev–Trinajstić information content (AvgIpc) is 3.21. The van der Waals surface area contributed by atoms with Crippen LogP contribution in [0.25, 0.3) is 0 Å². The Hall–Kier alpha value is -2.95. The first-order valence-electron chi connectivity index (χ1n) is 10.2. The van der Waals surface area contributed by atoms with E-state index in [4.69, 9.17) is 0 Å². The minimum Gasteiger partial charge on any atom is -0.369 e. The summed E-state index contributed by atoms with van der Waals surface area (Å²) < 4.78 is 27.3. The maximum Gasteiger partial charge on any atom is 0.263 e. The van der Waals surface area contributed by atoms with Crippen molar-refractivity contribution in [2.75, 3.05) is 48.2 Å². The van der Waals surface area contributed by atoms with Gasteiger partial charge in [-0.1, -0.05) is 18.2 Å². The summed E-state index contributed by atoms with van der Waals surface area (Å²) in [5, 5.41) is 4.78. The molecule has 0 unspecified atom stereocenters. The van der Waals surface area contributed by atoms with Gasteiger partial charge in [0.1, 0.15) is 0 Å². The zero-order valence-corrected chi connectivity index (χ0v) is 19.3. The SMILES string of the molecule is CN1CCN(c2ccc(NC(=O)Cc3csc(NS(=O)(=O)c4ccccc4)n3)cc2)CC1. The molecule has 1 amide bonds. The van der Waals surface area contributed by atoms with Gasteiger partial charge in [0.2, 0.25) is 5.91 Å². The number of aromatic nitrogens is 1. The molecule has 0 saturated carbocycles. The van der Waals surface area contributed by atoms with E-state index in [2.05, 4.69) is 31.9 Å². The lowest BCUT2D eigenvalue weighted by Crippen LogP contribution is -2.44. The van der Waals surface area contributed by atoms with Gasteiger partial charge in [-0.25, -0.2) is 13.4 Å². The number of hydrogen-bond acceptors (Lipinski definition) is 7. The van der Waals surface area contributed by atoms with Gasteiger partial charge in [0.05, 0.1) is 17.0 Å². The molecular weight excluding hydrogens is 446 g/mol. The number of nitrogens with zero attached hydrogens (tertiary/aromatic N) is 3. The van der Waals surface area contributed by atoms with E-state index in [0.717, 1.165) is 43.2 Å². The van der Waals surface area contributed by atoms with Crippen molar-refractivity contribution in [2.24, 2.45) is 0 Å². The number of benzene rings is 2. The van der Waals surface area contributed by atoms with Crippen LogP contribution >= 0.6 is 11.3 Å². The molecule has 1 fully saturated rings. The van der Waals surface area contributed by atoms with E-state index in [1.165, 1.54) is 12.1 Å². The Kier molecular flexibility index (Phi) is 6.73. The molecule has 2 heterocycles. The first-order valence-corrected chi connectivity index (χ1v) is 12.6. The number of amides is 1. The fourth-order valence-electron chi connectivity index (χ4n) is 3.40. The van der Waals surface area contributed by atoms with Gasteiger partial charge >= 0.3 is 0 Å². The highest BCUT2D eigenvalue weighted by Crippen LogP contribution is 2.22. The van der Waals surface area contributed by atoms with Crippen molar-refractivity contribution in [1.82, 2.24) is 9.88 Å². The molecule has 1 aliphatic heterocycles. The number of piperazine rings is 1. The molecule has 2 N–H and O–H groups in total. The molecular formula is C22H25N5O3S2. The maximum absolute atomic E-state index is 12.4. The summed E-state index contributed by atoms with van der Waals surface area (Å²) in [6.07, 6.45) is 0.0593. The van der Waals surface area contributed by atoms with Gasteiger partial charge in [0, 0.05) is 42.9 Å². The van der Waals surface area contributed by atoms with Crippen LogP contribution in [0.15, 0.2) is 64.9 Å². The molecule has 1 aliphatic rings. The summed E-state index contributed by atoms with van der Waals surface area (Å²) in [7, 11) is -1.58. The Balaban J connectivity index is 1.31. The van der Waals surface area contributed by atoms with Crippen molar-refractivity contribution in [3.8, 4) is 0 Å². The number of carbonyl (C=O) groups is 1. The molecule has 168 valence electrons. The molecule has 0 bridgehead atoms. The second-order valence-corrected chi connectivity index (χ2v) is 10.2. The largest absolute Gasteiger partial charge is 0.369 e. The van der Waals surface area contributed by atoms with E-state index >= 15 is 0 Å². The van der Waals surface area contributed by atoms with Gasteiger partial charge < -0.3 is 15.1 Å². The van der Waals surface area contributed by atoms with Gasteiger partial charge in [0.15, 0.2) is 5.13 Å². The quantitative estimate of drug-likeness (QED) is 0.550. The normalized spacial score (nSPS) is 14.8. The van der Waals surface area contributed by atoms with Crippen LogP contribution in [0.5, 0.6) is 0 Å². The number of hydrogen-bond donors (Lipinski definition) is 2. The minimum atomic E-state index is -3.70. The van der Waals surface area contributed by atoms with Gasteiger partial charge in [-0.2, -0.15) is 0 Å². The first kappa shape index (κ1) is 22.3. The first-order chi connectivity index (χ1) is 15.4. The molecule has 0 atom stereocenters.